The lowest BCUT2D eigenvalue weighted by molar-refractivity contribution is -0.0374. The predicted octanol–water partition coefficient (Wildman–Crippen LogP) is 4.22. The summed E-state index contributed by atoms with van der Waals surface area (Å²) >= 11 is 6.32. The van der Waals surface area contributed by atoms with Crippen LogP contribution in [0.4, 0.5) is 19.0 Å². The molecule has 2 aromatic heterocycles. The molecule has 1 saturated heterocycles. The Labute approximate surface area is 205 Å². The fraction of sp³-hybridized carbons (Fsp3) is 0.476. The number of alkyl halides is 2. The minimum Gasteiger partial charge on any atom is -0.348 e. The zero-order valence-electron chi connectivity index (χ0n) is 18.7. The molecule has 5 rings (SSSR count). The molecule has 3 aromatic rings. The van der Waals surface area contributed by atoms with Crippen molar-refractivity contribution in [2.24, 2.45) is 0 Å². The molecule has 1 spiro atoms. The summed E-state index contributed by atoms with van der Waals surface area (Å²) in [5.74, 6) is -3.58. The van der Waals surface area contributed by atoms with Gasteiger partial charge in [-0.05, 0) is 38.8 Å². The quantitative estimate of drug-likeness (QED) is 0.472. The van der Waals surface area contributed by atoms with E-state index in [4.69, 9.17) is 11.6 Å². The van der Waals surface area contributed by atoms with Crippen LogP contribution in [0.15, 0.2) is 35.5 Å². The third-order valence-corrected chi connectivity index (χ3v) is 10.5. The fourth-order valence-corrected chi connectivity index (χ4v) is 7.20. The molecule has 1 aromatic carbocycles. The zero-order chi connectivity index (χ0) is 25.6. The van der Waals surface area contributed by atoms with Crippen LogP contribution in [-0.2, 0) is 20.0 Å². The van der Waals surface area contributed by atoms with Crippen molar-refractivity contribution in [3.05, 3.63) is 41.4 Å². The van der Waals surface area contributed by atoms with E-state index in [1.807, 2.05) is 0 Å². The zero-order valence-corrected chi connectivity index (χ0v) is 21.1. The van der Waals surface area contributed by atoms with Gasteiger partial charge in [-0.1, -0.05) is 11.6 Å². The Balaban J connectivity index is 1.68. The van der Waals surface area contributed by atoms with Crippen LogP contribution in [0.2, 0.25) is 5.02 Å². The molecule has 0 unspecified atom stereocenters. The molecule has 3 heterocycles. The Morgan fingerprint density at radius 1 is 1.11 bits per heavy atom. The molecular formula is C21H22ClF3N4O4S2. The number of rotatable bonds is 5. The van der Waals surface area contributed by atoms with Crippen molar-refractivity contribution in [3.63, 3.8) is 0 Å². The third-order valence-electron chi connectivity index (χ3n) is 6.65. The fourth-order valence-electron chi connectivity index (χ4n) is 4.61. The maximum Gasteiger partial charge on any atom is 0.285 e. The molecule has 1 aliphatic carbocycles. The maximum absolute atomic E-state index is 14.3. The summed E-state index contributed by atoms with van der Waals surface area (Å²) in [5.41, 5.74) is -1.04. The Bertz CT molecular complexity index is 1560. The van der Waals surface area contributed by atoms with Crippen LogP contribution < -0.4 is 4.90 Å². The van der Waals surface area contributed by atoms with E-state index in [1.54, 1.807) is 4.90 Å². The summed E-state index contributed by atoms with van der Waals surface area (Å²) in [6.45, 7) is 2.84. The summed E-state index contributed by atoms with van der Waals surface area (Å²) in [7, 11) is -8.32. The lowest BCUT2D eigenvalue weighted by Crippen LogP contribution is -2.49. The molecule has 2 fully saturated rings. The number of nitrogens with zero attached hydrogens (tertiary/aromatic N) is 4. The van der Waals surface area contributed by atoms with Crippen molar-refractivity contribution in [2.75, 3.05) is 11.4 Å². The number of aromatic nitrogens is 3. The van der Waals surface area contributed by atoms with Crippen LogP contribution in [0.3, 0.4) is 0 Å². The van der Waals surface area contributed by atoms with Gasteiger partial charge in [0.05, 0.1) is 21.2 Å². The van der Waals surface area contributed by atoms with Crippen molar-refractivity contribution in [1.82, 2.24) is 13.2 Å². The van der Waals surface area contributed by atoms with Gasteiger partial charge in [-0.3, -0.25) is 3.97 Å². The summed E-state index contributed by atoms with van der Waals surface area (Å²) in [4.78, 5) is 1.26. The molecular weight excluding hydrogens is 529 g/mol. The molecule has 0 atom stereocenters. The highest BCUT2D eigenvalue weighted by molar-refractivity contribution is 7.91. The van der Waals surface area contributed by atoms with Crippen molar-refractivity contribution in [2.45, 2.75) is 61.1 Å². The summed E-state index contributed by atoms with van der Waals surface area (Å²) in [6.07, 6.45) is 2.19. The number of hydrogen-bond donors (Lipinski definition) is 0. The summed E-state index contributed by atoms with van der Waals surface area (Å²) < 4.78 is 96.1. The van der Waals surface area contributed by atoms with E-state index < -0.39 is 55.4 Å². The Hall–Kier alpha value is -2.25. The normalized spacial score (nSPS) is 19.7. The van der Waals surface area contributed by atoms with Gasteiger partial charge in [0.15, 0.2) is 5.82 Å². The predicted molar refractivity (Wildman–Crippen MR) is 125 cm³/mol. The van der Waals surface area contributed by atoms with Crippen molar-refractivity contribution < 1.29 is 30.0 Å². The van der Waals surface area contributed by atoms with Gasteiger partial charge in [0.25, 0.3) is 15.9 Å². The van der Waals surface area contributed by atoms with E-state index in [0.29, 0.717) is 16.9 Å². The first kappa shape index (κ1) is 24.4. The van der Waals surface area contributed by atoms with Gasteiger partial charge in [-0.2, -0.15) is 12.5 Å². The van der Waals surface area contributed by atoms with Gasteiger partial charge in [0, 0.05) is 43.4 Å². The highest BCUT2D eigenvalue weighted by Gasteiger charge is 2.58. The van der Waals surface area contributed by atoms with Crippen LogP contribution in [0.5, 0.6) is 0 Å². The molecule has 0 radical (unpaired) electrons. The Morgan fingerprint density at radius 2 is 1.80 bits per heavy atom. The number of fused-ring (bicyclic) bond motifs is 1. The lowest BCUT2D eigenvalue weighted by Gasteiger charge is -2.40. The third kappa shape index (κ3) is 3.82. The van der Waals surface area contributed by atoms with Crippen LogP contribution in [0.25, 0.3) is 10.9 Å². The molecule has 0 N–H and O–H groups in total. The van der Waals surface area contributed by atoms with E-state index in [1.165, 1.54) is 13.8 Å². The number of hydrogen-bond acceptors (Lipinski definition) is 6. The number of anilines is 1. The molecule has 1 aliphatic heterocycles. The van der Waals surface area contributed by atoms with E-state index in [2.05, 4.69) is 5.10 Å². The molecule has 8 nitrogen and oxygen atoms in total. The smallest absolute Gasteiger partial charge is 0.285 e. The maximum atomic E-state index is 14.3. The SMILES string of the molecule is CC(C)S(=O)(=O)n1ccc(S(=O)(=O)n2nc(N3CCC(F)(F)CC34CC4)c3c(Cl)cc(F)cc32)c1. The average Bonchev–Trinajstić information content (AvgIpc) is 3.15. The minimum absolute atomic E-state index is 0.0735. The van der Waals surface area contributed by atoms with Crippen LogP contribution in [-0.4, -0.2) is 53.2 Å². The average molecular weight is 551 g/mol. The first-order valence-corrected chi connectivity index (χ1v) is 14.2. The molecule has 35 heavy (non-hydrogen) atoms. The van der Waals surface area contributed by atoms with Crippen molar-refractivity contribution in [3.8, 4) is 0 Å². The first-order valence-electron chi connectivity index (χ1n) is 10.9. The molecule has 14 heteroatoms. The molecule has 0 amide bonds. The molecule has 0 bridgehead atoms. The van der Waals surface area contributed by atoms with E-state index in [9.17, 15) is 30.0 Å². The highest BCUT2D eigenvalue weighted by atomic mass is 35.5. The van der Waals surface area contributed by atoms with E-state index in [-0.39, 0.29) is 33.2 Å². The molecule has 190 valence electrons. The van der Waals surface area contributed by atoms with E-state index >= 15 is 0 Å². The Kier molecular flexibility index (Phi) is 5.33. The van der Waals surface area contributed by atoms with Gasteiger partial charge < -0.3 is 4.90 Å². The van der Waals surface area contributed by atoms with Crippen LogP contribution in [0, 0.1) is 5.82 Å². The topological polar surface area (TPSA) is 94.3 Å². The van der Waals surface area contributed by atoms with Gasteiger partial charge in [0.2, 0.25) is 10.0 Å². The second-order valence-corrected chi connectivity index (χ2v) is 14.0. The van der Waals surface area contributed by atoms with Crippen molar-refractivity contribution >= 4 is 48.4 Å². The standard InChI is InChI=1S/C21H22ClF3N4O4S2/c1-13(2)34(30,31)27-7-3-15(11-27)35(32,33)29-17-10-14(23)9-16(22)18(17)19(26-29)28-8-6-21(24,25)12-20(28)4-5-20/h3,7,9-11,13H,4-6,8,12H2,1-2H3. The van der Waals surface area contributed by atoms with Crippen LogP contribution in [0.1, 0.15) is 39.5 Å². The summed E-state index contributed by atoms with van der Waals surface area (Å²) in [5, 5.41) is 3.47. The second-order valence-electron chi connectivity index (χ2n) is 9.38. The van der Waals surface area contributed by atoms with Gasteiger partial charge in [-0.15, -0.1) is 5.10 Å². The van der Waals surface area contributed by atoms with Crippen LogP contribution >= 0.6 is 11.6 Å². The number of halogens is 4. The largest absolute Gasteiger partial charge is 0.348 e. The lowest BCUT2D eigenvalue weighted by atomic mass is 9.96. The number of benzene rings is 1. The highest BCUT2D eigenvalue weighted by Crippen LogP contribution is 2.55. The first-order chi connectivity index (χ1) is 16.2. The molecule has 2 aliphatic rings. The molecule has 1 saturated carbocycles. The minimum atomic E-state index is -4.50. The van der Waals surface area contributed by atoms with Crippen molar-refractivity contribution in [1.29, 1.82) is 0 Å². The number of piperidine rings is 1. The van der Waals surface area contributed by atoms with E-state index in [0.717, 1.165) is 34.6 Å². The second kappa shape index (κ2) is 7.62. The van der Waals surface area contributed by atoms with Gasteiger partial charge >= 0.3 is 0 Å². The Morgan fingerprint density at radius 3 is 2.43 bits per heavy atom. The van der Waals surface area contributed by atoms with Gasteiger partial charge in [0.1, 0.15) is 10.7 Å². The monoisotopic (exact) mass is 550 g/mol. The van der Waals surface area contributed by atoms with Gasteiger partial charge in [-0.25, -0.2) is 21.6 Å². The summed E-state index contributed by atoms with van der Waals surface area (Å²) in [6, 6.07) is 3.07.